The molecule has 5 rings (SSSR count). The highest BCUT2D eigenvalue weighted by molar-refractivity contribution is 6.07. The topological polar surface area (TPSA) is 55.2 Å². The number of hydrogen-bond acceptors (Lipinski definition) is 3. The zero-order valence-electron chi connectivity index (χ0n) is 21.7. The highest BCUT2D eigenvalue weighted by Crippen LogP contribution is 2.38. The molecule has 1 amide bonds. The van der Waals surface area contributed by atoms with Gasteiger partial charge in [-0.1, -0.05) is 25.1 Å². The van der Waals surface area contributed by atoms with Crippen molar-refractivity contribution in [2.45, 2.75) is 39.3 Å². The number of aromatic nitrogens is 2. The van der Waals surface area contributed by atoms with Crippen molar-refractivity contribution in [3.63, 3.8) is 0 Å². The first-order valence-electron chi connectivity index (χ1n) is 12.5. The first-order chi connectivity index (χ1) is 19.1. The van der Waals surface area contributed by atoms with Gasteiger partial charge in [0.25, 0.3) is 11.5 Å². The second kappa shape index (κ2) is 10.0. The van der Waals surface area contributed by atoms with Gasteiger partial charge in [0.1, 0.15) is 17.0 Å². The van der Waals surface area contributed by atoms with E-state index in [0.29, 0.717) is 28.8 Å². The van der Waals surface area contributed by atoms with Crippen LogP contribution in [0.5, 0.6) is 0 Å². The molecule has 214 valence electrons. The Morgan fingerprint density at radius 3 is 2.07 bits per heavy atom. The predicted octanol–water partition coefficient (Wildman–Crippen LogP) is 6.84. The molecule has 3 heterocycles. The summed E-state index contributed by atoms with van der Waals surface area (Å²) in [5.74, 6) is -1.72. The number of fused-ring (bicyclic) bond motifs is 2. The second-order valence-electron chi connectivity index (χ2n) is 10.2. The summed E-state index contributed by atoms with van der Waals surface area (Å²) in [5.41, 5.74) is -2.76. The molecule has 41 heavy (non-hydrogen) atoms. The standard InChI is InChI=1S/C29H22F7N3O2/c1-15-12-38(14-17-9-19(28(31,32)33)11-20(10-17)29(34,35)36)27(41)25-23(18-4-6-21(30)7-5-18)22-8-3-16(2)37-24(22)26(40)39(25)13-15/h3-11,15H,12-14H2,1-2H3/t15-/m0/s1. The number of carbonyl (C=O) groups excluding carboxylic acids is 1. The number of amides is 1. The highest BCUT2D eigenvalue weighted by atomic mass is 19.4. The van der Waals surface area contributed by atoms with Crippen molar-refractivity contribution in [2.75, 3.05) is 6.54 Å². The van der Waals surface area contributed by atoms with Crippen molar-refractivity contribution in [1.29, 1.82) is 0 Å². The molecule has 0 fully saturated rings. The smallest absolute Gasteiger partial charge is 0.333 e. The van der Waals surface area contributed by atoms with Gasteiger partial charge in [-0.15, -0.1) is 0 Å². The molecule has 2 aromatic heterocycles. The minimum absolute atomic E-state index is 0.0268. The Kier molecular flexibility index (Phi) is 6.91. The van der Waals surface area contributed by atoms with Gasteiger partial charge in [0.05, 0.1) is 11.1 Å². The van der Waals surface area contributed by atoms with Crippen molar-refractivity contribution in [2.24, 2.45) is 5.92 Å². The monoisotopic (exact) mass is 577 g/mol. The van der Waals surface area contributed by atoms with Crippen molar-refractivity contribution in [1.82, 2.24) is 14.5 Å². The Morgan fingerprint density at radius 2 is 1.49 bits per heavy atom. The molecule has 0 bridgehead atoms. The summed E-state index contributed by atoms with van der Waals surface area (Å²) in [4.78, 5) is 33.2. The molecule has 0 unspecified atom stereocenters. The van der Waals surface area contributed by atoms with E-state index in [1.165, 1.54) is 28.8 Å². The van der Waals surface area contributed by atoms with Crippen LogP contribution in [-0.4, -0.2) is 26.9 Å². The van der Waals surface area contributed by atoms with E-state index in [0.717, 1.165) is 4.90 Å². The fourth-order valence-electron chi connectivity index (χ4n) is 5.16. The third-order valence-corrected chi connectivity index (χ3v) is 6.93. The molecular formula is C29H22F7N3O2. The van der Waals surface area contributed by atoms with Gasteiger partial charge in [-0.25, -0.2) is 9.37 Å². The lowest BCUT2D eigenvalue weighted by molar-refractivity contribution is -0.143. The lowest BCUT2D eigenvalue weighted by Crippen LogP contribution is -2.34. The average molecular weight is 578 g/mol. The molecule has 0 saturated carbocycles. The molecular weight excluding hydrogens is 555 g/mol. The van der Waals surface area contributed by atoms with E-state index < -0.39 is 53.2 Å². The van der Waals surface area contributed by atoms with Crippen LogP contribution in [0.3, 0.4) is 0 Å². The zero-order valence-corrected chi connectivity index (χ0v) is 21.7. The lowest BCUT2D eigenvalue weighted by Gasteiger charge is -2.25. The summed E-state index contributed by atoms with van der Waals surface area (Å²) >= 11 is 0. The highest BCUT2D eigenvalue weighted by Gasteiger charge is 2.38. The first kappa shape index (κ1) is 28.3. The van der Waals surface area contributed by atoms with E-state index in [2.05, 4.69) is 4.98 Å². The number of hydrogen-bond donors (Lipinski definition) is 0. The molecule has 0 saturated heterocycles. The normalized spacial score (nSPS) is 16.2. The van der Waals surface area contributed by atoms with Crippen LogP contribution in [0, 0.1) is 18.7 Å². The maximum atomic E-state index is 14.1. The lowest BCUT2D eigenvalue weighted by atomic mass is 9.97. The van der Waals surface area contributed by atoms with Crippen LogP contribution in [0.15, 0.2) is 59.4 Å². The number of benzene rings is 2. The summed E-state index contributed by atoms with van der Waals surface area (Å²) < 4.78 is 96.0. The molecule has 1 aliphatic rings. The maximum Gasteiger partial charge on any atom is 0.416 e. The summed E-state index contributed by atoms with van der Waals surface area (Å²) in [7, 11) is 0. The van der Waals surface area contributed by atoms with Gasteiger partial charge in [0.15, 0.2) is 0 Å². The molecule has 0 radical (unpaired) electrons. The first-order valence-corrected chi connectivity index (χ1v) is 12.5. The van der Waals surface area contributed by atoms with E-state index >= 15 is 0 Å². The van der Waals surface area contributed by atoms with Crippen LogP contribution >= 0.6 is 0 Å². The van der Waals surface area contributed by atoms with E-state index in [9.17, 15) is 40.3 Å². The van der Waals surface area contributed by atoms with Gasteiger partial charge < -0.3 is 9.47 Å². The van der Waals surface area contributed by atoms with Crippen molar-refractivity contribution < 1.29 is 35.5 Å². The Bertz CT molecular complexity index is 1690. The molecule has 12 heteroatoms. The summed E-state index contributed by atoms with van der Waals surface area (Å²) in [6.45, 7) is 2.81. The summed E-state index contributed by atoms with van der Waals surface area (Å²) in [6.07, 6.45) is -10.1. The number of carbonyl (C=O) groups is 1. The zero-order chi connectivity index (χ0) is 29.9. The van der Waals surface area contributed by atoms with E-state index in [4.69, 9.17) is 0 Å². The fraction of sp³-hybridized carbons (Fsp3) is 0.276. The van der Waals surface area contributed by atoms with Crippen molar-refractivity contribution in [3.8, 4) is 11.1 Å². The number of pyridine rings is 2. The van der Waals surface area contributed by atoms with E-state index in [1.54, 1.807) is 26.0 Å². The molecule has 0 spiro atoms. The Labute approximate surface area is 228 Å². The molecule has 5 nitrogen and oxygen atoms in total. The van der Waals surface area contributed by atoms with Gasteiger partial charge in [-0.2, -0.15) is 26.3 Å². The summed E-state index contributed by atoms with van der Waals surface area (Å²) in [5, 5.41) is 0.305. The SMILES string of the molecule is Cc1ccc2c(-c3ccc(F)cc3)c3n(c(=O)c2n1)C[C@@H](C)CN(Cc1cc(C(F)(F)F)cc(C(F)(F)F)c1)C3=O. The maximum absolute atomic E-state index is 14.1. The largest absolute Gasteiger partial charge is 0.416 e. The number of halogens is 7. The van der Waals surface area contributed by atoms with Crippen LogP contribution in [-0.2, 0) is 25.4 Å². The molecule has 0 N–H and O–H groups in total. The van der Waals surface area contributed by atoms with Crippen LogP contribution < -0.4 is 5.56 Å². The molecule has 4 aromatic rings. The van der Waals surface area contributed by atoms with Crippen molar-refractivity contribution >= 4 is 16.8 Å². The molecule has 2 aromatic carbocycles. The fourth-order valence-corrected chi connectivity index (χ4v) is 5.16. The number of rotatable bonds is 3. The van der Waals surface area contributed by atoms with Gasteiger partial charge in [0, 0.05) is 36.3 Å². The van der Waals surface area contributed by atoms with E-state index in [1.807, 2.05) is 0 Å². The average Bonchev–Trinajstić information content (AvgIpc) is 3.00. The third-order valence-electron chi connectivity index (χ3n) is 6.93. The number of aryl methyl sites for hydroxylation is 1. The van der Waals surface area contributed by atoms with Crippen LogP contribution in [0.1, 0.15) is 39.8 Å². The van der Waals surface area contributed by atoms with Gasteiger partial charge >= 0.3 is 12.4 Å². The Balaban J connectivity index is 1.72. The van der Waals surface area contributed by atoms with Gasteiger partial charge in [0.2, 0.25) is 0 Å². The quantitative estimate of drug-likeness (QED) is 0.251. The van der Waals surface area contributed by atoms with E-state index in [-0.39, 0.29) is 41.5 Å². The number of alkyl halides is 6. The summed E-state index contributed by atoms with van der Waals surface area (Å²) in [6, 6.07) is 9.62. The van der Waals surface area contributed by atoms with Gasteiger partial charge in [-0.3, -0.25) is 9.59 Å². The van der Waals surface area contributed by atoms with Crippen molar-refractivity contribution in [3.05, 3.63) is 98.8 Å². The number of nitrogens with zero attached hydrogens (tertiary/aromatic N) is 3. The molecule has 0 aliphatic carbocycles. The third kappa shape index (κ3) is 5.42. The van der Waals surface area contributed by atoms with Crippen LogP contribution in [0.25, 0.3) is 22.0 Å². The Hall–Kier alpha value is -4.22. The Morgan fingerprint density at radius 1 is 0.878 bits per heavy atom. The predicted molar refractivity (Wildman–Crippen MR) is 136 cm³/mol. The van der Waals surface area contributed by atoms with Crippen LogP contribution in [0.4, 0.5) is 30.7 Å². The minimum Gasteiger partial charge on any atom is -0.333 e. The minimum atomic E-state index is -5.05. The van der Waals surface area contributed by atoms with Gasteiger partial charge in [-0.05, 0) is 60.4 Å². The second-order valence-corrected chi connectivity index (χ2v) is 10.2. The van der Waals surface area contributed by atoms with Crippen LogP contribution in [0.2, 0.25) is 0 Å². The molecule has 1 atom stereocenters. The molecule has 1 aliphatic heterocycles.